The lowest BCUT2D eigenvalue weighted by molar-refractivity contribution is 0.394. The van der Waals surface area contributed by atoms with Crippen LogP contribution in [0.15, 0.2) is 70.5 Å². The molecule has 4 heteroatoms. The van der Waals surface area contributed by atoms with E-state index in [0.29, 0.717) is 11.3 Å². The number of allylic oxidation sites excluding steroid dienone is 1. The van der Waals surface area contributed by atoms with E-state index in [-0.39, 0.29) is 17.2 Å². The van der Waals surface area contributed by atoms with Gasteiger partial charge in [-0.25, -0.2) is 0 Å². The fourth-order valence-corrected chi connectivity index (χ4v) is 4.07. The molecule has 0 fully saturated rings. The highest BCUT2D eigenvalue weighted by Gasteiger charge is 2.31. The van der Waals surface area contributed by atoms with Gasteiger partial charge in [0.1, 0.15) is 17.4 Å². The fourth-order valence-electron chi connectivity index (χ4n) is 3.69. The predicted molar refractivity (Wildman–Crippen MR) is 116 cm³/mol. The molecule has 0 radical (unpaired) electrons. The Labute approximate surface area is 173 Å². The van der Waals surface area contributed by atoms with Crippen LogP contribution in [0.1, 0.15) is 43.4 Å². The largest absolute Gasteiger partial charge is 0.440 e. The maximum absolute atomic E-state index is 9.78. The lowest BCUT2D eigenvalue weighted by Crippen LogP contribution is -2.21. The summed E-state index contributed by atoms with van der Waals surface area (Å²) in [7, 11) is 0. The smallest absolute Gasteiger partial charge is 0.205 e. The van der Waals surface area contributed by atoms with E-state index in [1.807, 2.05) is 18.2 Å². The van der Waals surface area contributed by atoms with E-state index < -0.39 is 0 Å². The molecular weight excluding hydrogens is 412 g/mol. The van der Waals surface area contributed by atoms with Gasteiger partial charge in [0, 0.05) is 10.0 Å². The van der Waals surface area contributed by atoms with Gasteiger partial charge in [-0.3, -0.25) is 0 Å². The first kappa shape index (κ1) is 18.6. The molecule has 2 N–H and O–H groups in total. The molecule has 28 heavy (non-hydrogen) atoms. The first-order valence-electron chi connectivity index (χ1n) is 9.19. The molecule has 0 saturated heterocycles. The summed E-state index contributed by atoms with van der Waals surface area (Å²) in [5, 5.41) is 11.9. The fraction of sp³-hybridized carbons (Fsp3) is 0.208. The minimum Gasteiger partial charge on any atom is -0.440 e. The molecule has 1 unspecified atom stereocenters. The number of halogens is 1. The monoisotopic (exact) mass is 432 g/mol. The summed E-state index contributed by atoms with van der Waals surface area (Å²) in [5.41, 5.74) is 9.89. The van der Waals surface area contributed by atoms with Crippen molar-refractivity contribution in [1.29, 1.82) is 5.26 Å². The first-order valence-corrected chi connectivity index (χ1v) is 9.98. The van der Waals surface area contributed by atoms with Gasteiger partial charge in [-0.2, -0.15) is 5.26 Å². The second-order valence-electron chi connectivity index (χ2n) is 8.18. The van der Waals surface area contributed by atoms with Gasteiger partial charge in [-0.15, -0.1) is 0 Å². The van der Waals surface area contributed by atoms with Crippen molar-refractivity contribution in [2.75, 3.05) is 0 Å². The molecule has 1 heterocycles. The summed E-state index contributed by atoms with van der Waals surface area (Å²) >= 11 is 3.54. The van der Waals surface area contributed by atoms with Crippen LogP contribution in [0.4, 0.5) is 0 Å². The molecule has 1 atom stereocenters. The summed E-state index contributed by atoms with van der Waals surface area (Å²) in [6.45, 7) is 6.57. The topological polar surface area (TPSA) is 59.0 Å². The second kappa shape index (κ2) is 6.68. The van der Waals surface area contributed by atoms with Crippen molar-refractivity contribution in [1.82, 2.24) is 0 Å². The zero-order chi connectivity index (χ0) is 20.1. The maximum atomic E-state index is 9.78. The second-order valence-corrected chi connectivity index (χ2v) is 9.09. The first-order chi connectivity index (χ1) is 13.3. The molecule has 0 spiro atoms. The summed E-state index contributed by atoms with van der Waals surface area (Å²) in [6, 6.07) is 20.9. The molecule has 4 rings (SSSR count). The molecule has 3 aromatic rings. The average molecular weight is 433 g/mol. The van der Waals surface area contributed by atoms with Crippen LogP contribution in [-0.4, -0.2) is 0 Å². The van der Waals surface area contributed by atoms with Gasteiger partial charge >= 0.3 is 0 Å². The van der Waals surface area contributed by atoms with Crippen LogP contribution < -0.4 is 10.5 Å². The average Bonchev–Trinajstić information content (AvgIpc) is 2.65. The number of nitrogens with two attached hydrogens (primary N) is 1. The van der Waals surface area contributed by atoms with E-state index in [9.17, 15) is 5.26 Å². The minimum atomic E-state index is -0.244. The van der Waals surface area contributed by atoms with Gasteiger partial charge < -0.3 is 10.5 Å². The minimum absolute atomic E-state index is 0.0710. The number of benzene rings is 3. The van der Waals surface area contributed by atoms with Crippen LogP contribution in [0.3, 0.4) is 0 Å². The molecule has 0 saturated carbocycles. The SMILES string of the molecule is CC(C)(C)c1ccc(C2C(C#N)=C(N)Oc3cc4ccc(Br)cc4cc32)cc1. The lowest BCUT2D eigenvalue weighted by atomic mass is 9.80. The quantitative estimate of drug-likeness (QED) is 0.503. The van der Waals surface area contributed by atoms with Crippen molar-refractivity contribution in [3.05, 3.63) is 87.2 Å². The molecule has 1 aliphatic heterocycles. The van der Waals surface area contributed by atoms with E-state index in [0.717, 1.165) is 26.4 Å². The molecule has 0 aromatic heterocycles. The van der Waals surface area contributed by atoms with Gasteiger partial charge in [-0.1, -0.05) is 67.0 Å². The Kier molecular flexibility index (Phi) is 4.44. The number of hydrogen-bond acceptors (Lipinski definition) is 3. The van der Waals surface area contributed by atoms with Crippen molar-refractivity contribution in [2.45, 2.75) is 32.1 Å². The van der Waals surface area contributed by atoms with Crippen LogP contribution in [0.25, 0.3) is 10.8 Å². The summed E-state index contributed by atoms with van der Waals surface area (Å²) in [4.78, 5) is 0. The number of nitriles is 1. The Morgan fingerprint density at radius 2 is 1.71 bits per heavy atom. The Balaban J connectivity index is 1.91. The normalized spacial score (nSPS) is 16.5. The third-order valence-electron chi connectivity index (χ3n) is 5.25. The Bertz CT molecular complexity index is 1150. The van der Waals surface area contributed by atoms with E-state index in [2.05, 4.69) is 79.2 Å². The van der Waals surface area contributed by atoms with Crippen LogP contribution >= 0.6 is 15.9 Å². The van der Waals surface area contributed by atoms with E-state index in [1.54, 1.807) is 0 Å². The summed E-state index contributed by atoms with van der Waals surface area (Å²) in [5.74, 6) is 0.638. The highest BCUT2D eigenvalue weighted by Crippen LogP contribution is 2.44. The number of fused-ring (bicyclic) bond motifs is 2. The Morgan fingerprint density at radius 1 is 1.00 bits per heavy atom. The van der Waals surface area contributed by atoms with Crippen molar-refractivity contribution in [3.8, 4) is 11.8 Å². The Morgan fingerprint density at radius 3 is 2.36 bits per heavy atom. The van der Waals surface area contributed by atoms with Crippen molar-refractivity contribution in [3.63, 3.8) is 0 Å². The van der Waals surface area contributed by atoms with Gasteiger partial charge in [-0.05, 0) is 51.6 Å². The standard InChI is InChI=1S/C24H21BrN2O/c1-24(2,3)17-7-4-14(5-8-17)22-19-11-16-10-18(25)9-6-15(16)12-21(19)28-23(27)20(22)13-26/h4-12,22H,27H2,1-3H3. The molecule has 0 amide bonds. The number of rotatable bonds is 1. The third kappa shape index (κ3) is 3.16. The summed E-state index contributed by atoms with van der Waals surface area (Å²) in [6.07, 6.45) is 0. The molecule has 0 bridgehead atoms. The van der Waals surface area contributed by atoms with Gasteiger partial charge in [0.2, 0.25) is 5.88 Å². The highest BCUT2D eigenvalue weighted by molar-refractivity contribution is 9.10. The van der Waals surface area contributed by atoms with E-state index in [4.69, 9.17) is 10.5 Å². The predicted octanol–water partition coefficient (Wildman–Crippen LogP) is 6.12. The van der Waals surface area contributed by atoms with Crippen LogP contribution in [0.5, 0.6) is 5.75 Å². The van der Waals surface area contributed by atoms with Crippen molar-refractivity contribution >= 4 is 26.7 Å². The van der Waals surface area contributed by atoms with Gasteiger partial charge in [0.05, 0.1) is 5.92 Å². The van der Waals surface area contributed by atoms with Crippen LogP contribution in [0, 0.1) is 11.3 Å². The molecule has 140 valence electrons. The zero-order valence-electron chi connectivity index (χ0n) is 16.1. The van der Waals surface area contributed by atoms with E-state index >= 15 is 0 Å². The zero-order valence-corrected chi connectivity index (χ0v) is 17.7. The van der Waals surface area contributed by atoms with Crippen LogP contribution in [0.2, 0.25) is 0 Å². The maximum Gasteiger partial charge on any atom is 0.205 e. The van der Waals surface area contributed by atoms with E-state index in [1.165, 1.54) is 5.56 Å². The van der Waals surface area contributed by atoms with Gasteiger partial charge in [0.15, 0.2) is 0 Å². The highest BCUT2D eigenvalue weighted by atomic mass is 79.9. The molecule has 1 aliphatic rings. The third-order valence-corrected chi connectivity index (χ3v) is 5.74. The lowest BCUT2D eigenvalue weighted by Gasteiger charge is -2.27. The number of ether oxygens (including phenoxy) is 1. The van der Waals surface area contributed by atoms with Crippen molar-refractivity contribution < 1.29 is 4.74 Å². The molecule has 3 nitrogen and oxygen atoms in total. The molecule has 0 aliphatic carbocycles. The molecule has 3 aromatic carbocycles. The molecular formula is C24H21BrN2O. The number of hydrogen-bond donors (Lipinski definition) is 1. The summed E-state index contributed by atoms with van der Waals surface area (Å²) < 4.78 is 6.84. The van der Waals surface area contributed by atoms with Crippen LogP contribution in [-0.2, 0) is 5.41 Å². The number of nitrogens with zero attached hydrogens (tertiary/aromatic N) is 1. The van der Waals surface area contributed by atoms with Crippen molar-refractivity contribution in [2.24, 2.45) is 5.73 Å². The Hall–Kier alpha value is -2.77. The van der Waals surface area contributed by atoms with Gasteiger partial charge in [0.25, 0.3) is 0 Å².